The largest absolute Gasteiger partial charge is 0.486 e. The zero-order chi connectivity index (χ0) is 22.0. The van der Waals surface area contributed by atoms with Gasteiger partial charge in [0.15, 0.2) is 11.6 Å². The Hall–Kier alpha value is -3.22. The van der Waals surface area contributed by atoms with Crippen molar-refractivity contribution in [3.05, 3.63) is 71.4 Å². The number of benzene rings is 2. The van der Waals surface area contributed by atoms with Crippen molar-refractivity contribution in [2.75, 3.05) is 5.32 Å². The van der Waals surface area contributed by atoms with Crippen LogP contribution >= 0.6 is 0 Å². The highest BCUT2D eigenvalue weighted by Crippen LogP contribution is 2.46. The Bertz CT molecular complexity index is 986. The molecule has 7 heteroatoms. The van der Waals surface area contributed by atoms with Crippen LogP contribution in [0.4, 0.5) is 14.9 Å². The quantitative estimate of drug-likeness (QED) is 0.599. The molecule has 164 valence electrons. The summed E-state index contributed by atoms with van der Waals surface area (Å²) in [6, 6.07) is 10.7. The molecule has 2 aliphatic rings. The lowest BCUT2D eigenvalue weighted by Crippen LogP contribution is -2.27. The summed E-state index contributed by atoms with van der Waals surface area (Å²) in [5.41, 5.74) is 2.05. The Morgan fingerprint density at radius 2 is 1.90 bits per heavy atom. The van der Waals surface area contributed by atoms with Crippen LogP contribution in [0.5, 0.6) is 5.75 Å². The molecular weight excluding hydrogens is 401 g/mol. The molecule has 0 radical (unpaired) electrons. The van der Waals surface area contributed by atoms with E-state index in [-0.39, 0.29) is 12.4 Å². The highest BCUT2D eigenvalue weighted by Gasteiger charge is 2.34. The van der Waals surface area contributed by atoms with Crippen molar-refractivity contribution in [2.45, 2.75) is 58.0 Å². The van der Waals surface area contributed by atoms with Crippen LogP contribution in [-0.2, 0) is 20.8 Å². The van der Waals surface area contributed by atoms with Crippen LogP contribution in [0.2, 0.25) is 0 Å². The van der Waals surface area contributed by atoms with Crippen molar-refractivity contribution < 1.29 is 28.1 Å². The number of carbonyl (C=O) groups is 1. The molecule has 0 aromatic heterocycles. The second-order valence-corrected chi connectivity index (χ2v) is 8.65. The Balaban J connectivity index is 1.46. The number of hydrogen-bond donors (Lipinski definition) is 1. The number of hydrogen-bond acceptors (Lipinski definition) is 5. The molecule has 4 rings (SSSR count). The Morgan fingerprint density at radius 3 is 2.58 bits per heavy atom. The van der Waals surface area contributed by atoms with Crippen LogP contribution in [0.15, 0.2) is 48.9 Å². The topological polar surface area (TPSA) is 66.0 Å². The molecule has 0 unspecified atom stereocenters. The molecule has 1 fully saturated rings. The lowest BCUT2D eigenvalue weighted by molar-refractivity contribution is -0.0281. The first-order valence-electron chi connectivity index (χ1n) is 10.3. The third-order valence-electron chi connectivity index (χ3n) is 4.86. The van der Waals surface area contributed by atoms with Crippen molar-refractivity contribution in [1.29, 1.82) is 0 Å². The smallest absolute Gasteiger partial charge is 0.412 e. The number of anilines is 1. The van der Waals surface area contributed by atoms with E-state index in [1.165, 1.54) is 12.5 Å². The normalized spacial score (nSPS) is 15.9. The van der Waals surface area contributed by atoms with E-state index in [9.17, 15) is 4.79 Å². The van der Waals surface area contributed by atoms with Crippen LogP contribution in [-0.4, -0.2) is 11.7 Å². The molecule has 0 atom stereocenters. The van der Waals surface area contributed by atoms with Crippen molar-refractivity contribution in [3.63, 3.8) is 0 Å². The molecule has 1 N–H and O–H groups in total. The fraction of sp³-hybridized carbons (Fsp3) is 0.375. The van der Waals surface area contributed by atoms with Crippen LogP contribution < -0.4 is 10.1 Å². The third-order valence-corrected chi connectivity index (χ3v) is 4.86. The van der Waals surface area contributed by atoms with Crippen molar-refractivity contribution in [2.24, 2.45) is 0 Å². The summed E-state index contributed by atoms with van der Waals surface area (Å²) >= 11 is 0. The van der Waals surface area contributed by atoms with Crippen LogP contribution in [0, 0.1) is 5.82 Å². The van der Waals surface area contributed by atoms with Crippen molar-refractivity contribution in [1.82, 2.24) is 0 Å². The van der Waals surface area contributed by atoms with Gasteiger partial charge in [-0.3, -0.25) is 5.32 Å². The molecule has 2 aromatic carbocycles. The van der Waals surface area contributed by atoms with Crippen LogP contribution in [0.25, 0.3) is 0 Å². The predicted octanol–water partition coefficient (Wildman–Crippen LogP) is 6.15. The number of amides is 1. The molecule has 0 bridgehead atoms. The van der Waals surface area contributed by atoms with E-state index in [1.807, 2.05) is 12.1 Å². The van der Waals surface area contributed by atoms with E-state index >= 15 is 4.39 Å². The number of halogens is 1. The van der Waals surface area contributed by atoms with E-state index in [1.54, 1.807) is 45.0 Å². The van der Waals surface area contributed by atoms with E-state index in [0.717, 1.165) is 24.0 Å². The van der Waals surface area contributed by atoms with E-state index in [0.29, 0.717) is 17.2 Å². The van der Waals surface area contributed by atoms with Gasteiger partial charge in [0.25, 0.3) is 6.29 Å². The Kier molecular flexibility index (Phi) is 5.76. The van der Waals surface area contributed by atoms with E-state index in [4.69, 9.17) is 18.9 Å². The molecule has 1 aliphatic carbocycles. The van der Waals surface area contributed by atoms with Gasteiger partial charge in [0.2, 0.25) is 0 Å². The maximum absolute atomic E-state index is 15.3. The summed E-state index contributed by atoms with van der Waals surface area (Å²) in [5.74, 6) is -0.00732. The SMILES string of the molecule is CC(C)(C)OC(=O)Nc1cccc(COc2ccc(C3CC3)c(C3OC=CO3)c2F)c1. The van der Waals surface area contributed by atoms with E-state index in [2.05, 4.69) is 5.32 Å². The molecule has 31 heavy (non-hydrogen) atoms. The first kappa shape index (κ1) is 21.0. The zero-order valence-corrected chi connectivity index (χ0v) is 17.8. The first-order chi connectivity index (χ1) is 14.8. The van der Waals surface area contributed by atoms with E-state index < -0.39 is 23.8 Å². The summed E-state index contributed by atoms with van der Waals surface area (Å²) in [6.07, 6.45) is 3.56. The molecule has 1 heterocycles. The lowest BCUT2D eigenvalue weighted by atomic mass is 10.0. The Morgan fingerprint density at radius 1 is 1.16 bits per heavy atom. The monoisotopic (exact) mass is 427 g/mol. The summed E-state index contributed by atoms with van der Waals surface area (Å²) in [4.78, 5) is 12.0. The van der Waals surface area contributed by atoms with Gasteiger partial charge in [0, 0.05) is 5.69 Å². The molecule has 1 saturated carbocycles. The average molecular weight is 427 g/mol. The zero-order valence-electron chi connectivity index (χ0n) is 17.8. The average Bonchev–Trinajstić information content (AvgIpc) is 3.40. The number of nitrogens with one attached hydrogen (secondary N) is 1. The van der Waals surface area contributed by atoms with Gasteiger partial charge in [-0.05, 0) is 68.9 Å². The minimum atomic E-state index is -0.791. The highest BCUT2D eigenvalue weighted by molar-refractivity contribution is 5.84. The predicted molar refractivity (Wildman–Crippen MR) is 113 cm³/mol. The maximum Gasteiger partial charge on any atom is 0.412 e. The van der Waals surface area contributed by atoms with Gasteiger partial charge in [-0.15, -0.1) is 0 Å². The van der Waals surface area contributed by atoms with Gasteiger partial charge in [0.05, 0.1) is 5.56 Å². The number of carbonyl (C=O) groups excluding carboxylic acids is 1. The third kappa shape index (κ3) is 5.29. The minimum absolute atomic E-state index is 0.129. The standard InChI is InChI=1S/C24H26FNO5/c1-24(2,3)31-23(27)26-17-6-4-5-15(13-17)14-30-19-10-9-18(16-7-8-16)20(21(19)25)22-28-11-12-29-22/h4-6,9-13,16,22H,7-8,14H2,1-3H3,(H,26,27). The molecule has 0 spiro atoms. The molecule has 0 saturated heterocycles. The van der Waals surface area contributed by atoms with Gasteiger partial charge in [-0.1, -0.05) is 18.2 Å². The van der Waals surface area contributed by atoms with Crippen molar-refractivity contribution in [3.8, 4) is 5.75 Å². The second-order valence-electron chi connectivity index (χ2n) is 8.65. The van der Waals surface area contributed by atoms with Crippen molar-refractivity contribution >= 4 is 11.8 Å². The van der Waals surface area contributed by atoms with Crippen LogP contribution in [0.3, 0.4) is 0 Å². The number of rotatable bonds is 6. The first-order valence-corrected chi connectivity index (χ1v) is 10.3. The highest BCUT2D eigenvalue weighted by atomic mass is 19.1. The molecule has 1 aliphatic heterocycles. The fourth-order valence-electron chi connectivity index (χ4n) is 3.39. The second kappa shape index (κ2) is 8.49. The molecule has 1 amide bonds. The van der Waals surface area contributed by atoms with Crippen LogP contribution in [0.1, 0.15) is 62.5 Å². The van der Waals surface area contributed by atoms with Gasteiger partial charge in [0.1, 0.15) is 24.7 Å². The van der Waals surface area contributed by atoms with Gasteiger partial charge < -0.3 is 18.9 Å². The molecule has 6 nitrogen and oxygen atoms in total. The maximum atomic E-state index is 15.3. The van der Waals surface area contributed by atoms with Gasteiger partial charge >= 0.3 is 6.09 Å². The lowest BCUT2D eigenvalue weighted by Gasteiger charge is -2.20. The Labute approximate surface area is 180 Å². The minimum Gasteiger partial charge on any atom is -0.486 e. The molecule has 2 aromatic rings. The van der Waals surface area contributed by atoms with Gasteiger partial charge in [-0.25, -0.2) is 9.18 Å². The molecular formula is C24H26FNO5. The summed E-state index contributed by atoms with van der Waals surface area (Å²) in [5, 5.41) is 2.69. The van der Waals surface area contributed by atoms with Gasteiger partial charge in [-0.2, -0.15) is 0 Å². The summed E-state index contributed by atoms with van der Waals surface area (Å²) in [6.45, 7) is 5.52. The number of ether oxygens (including phenoxy) is 4. The summed E-state index contributed by atoms with van der Waals surface area (Å²) in [7, 11) is 0. The fourth-order valence-corrected chi connectivity index (χ4v) is 3.39. The summed E-state index contributed by atoms with van der Waals surface area (Å²) < 4.78 is 37.1.